The van der Waals surface area contributed by atoms with Gasteiger partial charge in [0.05, 0.1) is 11.7 Å². The molecule has 28 heavy (non-hydrogen) atoms. The highest BCUT2D eigenvalue weighted by atomic mass is 32.1. The van der Waals surface area contributed by atoms with Crippen LogP contribution in [-0.4, -0.2) is 33.0 Å². The summed E-state index contributed by atoms with van der Waals surface area (Å²) in [5.74, 6) is 0.546. The molecule has 0 aliphatic heterocycles. The molecule has 144 valence electrons. The van der Waals surface area contributed by atoms with E-state index >= 15 is 0 Å². The van der Waals surface area contributed by atoms with Crippen LogP contribution >= 0.6 is 11.3 Å². The molecule has 0 unspecified atom stereocenters. The lowest BCUT2D eigenvalue weighted by Gasteiger charge is -2.13. The number of nitrogens with one attached hydrogen (secondary N) is 2. The van der Waals surface area contributed by atoms with Gasteiger partial charge in [0.1, 0.15) is 5.01 Å². The zero-order valence-electron chi connectivity index (χ0n) is 16.0. The molecule has 0 amide bonds. The highest BCUT2D eigenvalue weighted by molar-refractivity contribution is 7.18. The molecule has 6 nitrogen and oxygen atoms in total. The third kappa shape index (κ3) is 4.21. The summed E-state index contributed by atoms with van der Waals surface area (Å²) in [4.78, 5) is 0. The fraction of sp³-hybridized carbons (Fsp3) is 0.286. The van der Waals surface area contributed by atoms with Crippen molar-refractivity contribution in [2.75, 3.05) is 11.9 Å². The van der Waals surface area contributed by atoms with Crippen molar-refractivity contribution in [2.45, 2.75) is 32.2 Å². The van der Waals surface area contributed by atoms with E-state index in [0.29, 0.717) is 12.5 Å². The summed E-state index contributed by atoms with van der Waals surface area (Å²) in [6.45, 7) is 5.06. The number of anilines is 1. The number of benzene rings is 2. The van der Waals surface area contributed by atoms with E-state index in [1.807, 2.05) is 18.3 Å². The predicted molar refractivity (Wildman–Crippen MR) is 116 cm³/mol. The number of nitrogens with zero attached hydrogens (tertiary/aromatic N) is 3. The van der Waals surface area contributed by atoms with Crippen LogP contribution in [0, 0.1) is 0 Å². The zero-order chi connectivity index (χ0) is 19.5. The minimum atomic E-state index is 0.0135. The topological polar surface area (TPSA) is 92.5 Å². The normalized spacial score (nSPS) is 12.6. The molecular formula is C21H24N6S. The maximum atomic E-state index is 6.30. The van der Waals surface area contributed by atoms with Crippen molar-refractivity contribution in [3.63, 3.8) is 0 Å². The van der Waals surface area contributed by atoms with Crippen molar-refractivity contribution < 1.29 is 0 Å². The molecule has 2 heterocycles. The van der Waals surface area contributed by atoms with E-state index in [9.17, 15) is 0 Å². The van der Waals surface area contributed by atoms with Crippen molar-refractivity contribution >= 4 is 27.4 Å². The molecule has 0 radical (unpaired) electrons. The van der Waals surface area contributed by atoms with Crippen molar-refractivity contribution in [1.82, 2.24) is 20.4 Å². The van der Waals surface area contributed by atoms with Crippen LogP contribution in [0.3, 0.4) is 0 Å². The van der Waals surface area contributed by atoms with Gasteiger partial charge in [-0.1, -0.05) is 49.4 Å². The SMILES string of the molecule is CC(C)c1ccc(C[C@@H](N)CNc2nnc(-c3ccc4[nH]ncc4c3)s2)cc1. The first kappa shape index (κ1) is 18.6. The Hall–Kier alpha value is -2.77. The Labute approximate surface area is 168 Å². The fourth-order valence-electron chi connectivity index (χ4n) is 3.12. The van der Waals surface area contributed by atoms with Crippen molar-refractivity contribution in [2.24, 2.45) is 5.73 Å². The molecule has 2 aromatic carbocycles. The number of fused-ring (bicyclic) bond motifs is 1. The van der Waals surface area contributed by atoms with Gasteiger partial charge in [0.25, 0.3) is 0 Å². The molecular weight excluding hydrogens is 368 g/mol. The molecule has 1 atom stereocenters. The molecule has 4 rings (SSSR count). The number of aromatic nitrogens is 4. The van der Waals surface area contributed by atoms with E-state index in [0.717, 1.165) is 33.0 Å². The number of rotatable bonds is 7. The summed E-state index contributed by atoms with van der Waals surface area (Å²) in [6.07, 6.45) is 2.64. The van der Waals surface area contributed by atoms with Gasteiger partial charge in [-0.05, 0) is 41.7 Å². The van der Waals surface area contributed by atoms with Gasteiger partial charge in [0.15, 0.2) is 0 Å². The van der Waals surface area contributed by atoms with E-state index < -0.39 is 0 Å². The second kappa shape index (κ2) is 8.08. The number of H-pyrrole nitrogens is 1. The Morgan fingerprint density at radius 1 is 1.11 bits per heavy atom. The molecule has 4 N–H and O–H groups in total. The monoisotopic (exact) mass is 392 g/mol. The second-order valence-electron chi connectivity index (χ2n) is 7.33. The van der Waals surface area contributed by atoms with Crippen LogP contribution in [-0.2, 0) is 6.42 Å². The van der Waals surface area contributed by atoms with E-state index in [1.54, 1.807) is 0 Å². The van der Waals surface area contributed by atoms with Gasteiger partial charge in [-0.15, -0.1) is 10.2 Å². The lowest BCUT2D eigenvalue weighted by molar-refractivity contribution is 0.698. The maximum absolute atomic E-state index is 6.30. The third-order valence-electron chi connectivity index (χ3n) is 4.77. The molecule has 0 bridgehead atoms. The number of hydrogen-bond donors (Lipinski definition) is 3. The van der Waals surface area contributed by atoms with Crippen LogP contribution in [0.15, 0.2) is 48.7 Å². The minimum absolute atomic E-state index is 0.0135. The molecule has 0 aliphatic carbocycles. The van der Waals surface area contributed by atoms with Gasteiger partial charge in [-0.3, -0.25) is 5.10 Å². The summed E-state index contributed by atoms with van der Waals surface area (Å²) in [5, 5.41) is 21.6. The highest BCUT2D eigenvalue weighted by Crippen LogP contribution is 2.28. The summed E-state index contributed by atoms with van der Waals surface area (Å²) in [5.41, 5.74) is 11.0. The molecule has 0 fully saturated rings. The number of aromatic amines is 1. The summed E-state index contributed by atoms with van der Waals surface area (Å²) < 4.78 is 0. The first-order valence-electron chi connectivity index (χ1n) is 9.44. The standard InChI is InChI=1S/C21H24N6S/c1-13(2)15-5-3-14(4-6-15)9-18(22)12-23-21-27-26-20(28-21)16-7-8-19-17(10-16)11-24-25-19/h3-8,10-11,13,18H,9,12,22H2,1-2H3,(H,23,27)(H,24,25)/t18-/m1/s1. The molecule has 0 spiro atoms. The van der Waals surface area contributed by atoms with Gasteiger partial charge < -0.3 is 11.1 Å². The number of nitrogens with two attached hydrogens (primary N) is 1. The lowest BCUT2D eigenvalue weighted by atomic mass is 9.99. The lowest BCUT2D eigenvalue weighted by Crippen LogP contribution is -2.31. The van der Waals surface area contributed by atoms with Gasteiger partial charge in [0.2, 0.25) is 5.13 Å². The highest BCUT2D eigenvalue weighted by Gasteiger charge is 2.10. The molecule has 2 aromatic heterocycles. The minimum Gasteiger partial charge on any atom is -0.359 e. The summed E-state index contributed by atoms with van der Waals surface area (Å²) >= 11 is 1.53. The third-order valence-corrected chi connectivity index (χ3v) is 5.70. The van der Waals surface area contributed by atoms with Crippen LogP contribution in [0.25, 0.3) is 21.5 Å². The fourth-order valence-corrected chi connectivity index (χ4v) is 3.87. The molecule has 7 heteroatoms. The Balaban J connectivity index is 1.34. The van der Waals surface area contributed by atoms with Gasteiger partial charge in [0, 0.05) is 23.5 Å². The van der Waals surface area contributed by atoms with E-state index in [1.165, 1.54) is 22.5 Å². The first-order chi connectivity index (χ1) is 13.6. The largest absolute Gasteiger partial charge is 0.359 e. The Morgan fingerprint density at radius 2 is 1.93 bits per heavy atom. The maximum Gasteiger partial charge on any atom is 0.206 e. The van der Waals surface area contributed by atoms with E-state index in [4.69, 9.17) is 5.73 Å². The Bertz CT molecular complexity index is 1050. The quantitative estimate of drug-likeness (QED) is 0.439. The van der Waals surface area contributed by atoms with Crippen molar-refractivity contribution in [3.05, 3.63) is 59.8 Å². The van der Waals surface area contributed by atoms with Crippen molar-refractivity contribution in [3.8, 4) is 10.6 Å². The summed E-state index contributed by atoms with van der Waals surface area (Å²) in [6, 6.07) is 14.8. The molecule has 0 saturated carbocycles. The van der Waals surface area contributed by atoms with Gasteiger partial charge >= 0.3 is 0 Å². The van der Waals surface area contributed by atoms with E-state index in [2.05, 4.69) is 69.9 Å². The Kier molecular flexibility index (Phi) is 5.36. The van der Waals surface area contributed by atoms with Crippen LogP contribution in [0.5, 0.6) is 0 Å². The van der Waals surface area contributed by atoms with Crippen LogP contribution in [0.1, 0.15) is 30.9 Å². The van der Waals surface area contributed by atoms with E-state index in [-0.39, 0.29) is 6.04 Å². The van der Waals surface area contributed by atoms with Crippen molar-refractivity contribution in [1.29, 1.82) is 0 Å². The smallest absolute Gasteiger partial charge is 0.206 e. The number of hydrogen-bond acceptors (Lipinski definition) is 6. The average molecular weight is 393 g/mol. The first-order valence-corrected chi connectivity index (χ1v) is 10.3. The van der Waals surface area contributed by atoms with Crippen LogP contribution in [0.4, 0.5) is 5.13 Å². The molecule has 4 aromatic rings. The predicted octanol–water partition coefficient (Wildman–Crippen LogP) is 4.19. The average Bonchev–Trinajstić information content (AvgIpc) is 3.35. The van der Waals surface area contributed by atoms with Gasteiger partial charge in [-0.2, -0.15) is 5.10 Å². The molecule has 0 aliphatic rings. The molecule has 0 saturated heterocycles. The zero-order valence-corrected chi connectivity index (χ0v) is 16.8. The van der Waals surface area contributed by atoms with Crippen LogP contribution < -0.4 is 11.1 Å². The van der Waals surface area contributed by atoms with Gasteiger partial charge in [-0.25, -0.2) is 0 Å². The Morgan fingerprint density at radius 3 is 2.71 bits per heavy atom. The second-order valence-corrected chi connectivity index (χ2v) is 8.30. The van der Waals surface area contributed by atoms with Crippen LogP contribution in [0.2, 0.25) is 0 Å². The summed E-state index contributed by atoms with van der Waals surface area (Å²) in [7, 11) is 0.